The van der Waals surface area contributed by atoms with Gasteiger partial charge in [0, 0.05) is 19.5 Å². The van der Waals surface area contributed by atoms with E-state index in [4.69, 9.17) is 31.3 Å². The standard InChI is InChI=1S/C14H31N5O9/c15-12(14(21)17-7-9-26-10-11-28-19(24)25)4-5-13(20)16-6-2-1-3-8-27-18(22)23/h12,22-25H,1-11,15H2,(H,16,20)(H,17,21). The Balaban J connectivity index is 3.55. The minimum atomic E-state index is -0.816. The monoisotopic (exact) mass is 413 g/mol. The zero-order chi connectivity index (χ0) is 21.2. The predicted molar refractivity (Wildman–Crippen MR) is 90.6 cm³/mol. The van der Waals surface area contributed by atoms with Crippen LogP contribution >= 0.6 is 0 Å². The normalized spacial score (nSPS) is 12.4. The van der Waals surface area contributed by atoms with E-state index < -0.39 is 17.3 Å². The maximum atomic E-state index is 11.8. The average molecular weight is 413 g/mol. The molecule has 0 saturated heterocycles. The van der Waals surface area contributed by atoms with E-state index in [1.54, 1.807) is 0 Å². The lowest BCUT2D eigenvalue weighted by molar-refractivity contribution is -0.493. The van der Waals surface area contributed by atoms with Crippen LogP contribution in [-0.4, -0.2) is 89.0 Å². The Morgan fingerprint density at radius 3 is 2.21 bits per heavy atom. The number of amides is 2. The van der Waals surface area contributed by atoms with Crippen molar-refractivity contribution < 1.29 is 44.8 Å². The van der Waals surface area contributed by atoms with Crippen LogP contribution in [-0.2, 0) is 24.0 Å². The van der Waals surface area contributed by atoms with Crippen molar-refractivity contribution in [2.24, 2.45) is 5.73 Å². The van der Waals surface area contributed by atoms with Crippen molar-refractivity contribution in [1.29, 1.82) is 0 Å². The van der Waals surface area contributed by atoms with Crippen molar-refractivity contribution in [2.75, 3.05) is 39.5 Å². The molecule has 0 radical (unpaired) electrons. The fourth-order valence-corrected chi connectivity index (χ4v) is 1.94. The third-order valence-corrected chi connectivity index (χ3v) is 3.35. The van der Waals surface area contributed by atoms with Crippen molar-refractivity contribution in [3.05, 3.63) is 0 Å². The summed E-state index contributed by atoms with van der Waals surface area (Å²) in [6.45, 7) is 1.08. The zero-order valence-electron chi connectivity index (χ0n) is 15.7. The third-order valence-electron chi connectivity index (χ3n) is 3.35. The maximum absolute atomic E-state index is 11.8. The molecule has 0 heterocycles. The molecular formula is C14H31N5O9. The fraction of sp³-hybridized carbons (Fsp3) is 0.857. The van der Waals surface area contributed by atoms with Crippen LogP contribution in [0.4, 0.5) is 0 Å². The molecular weight excluding hydrogens is 382 g/mol. The SMILES string of the molecule is NC(CCC(=O)NCCCCCON(O)O)C(=O)NCCOCCON(O)O. The molecule has 1 atom stereocenters. The van der Waals surface area contributed by atoms with Gasteiger partial charge in [-0.15, -0.1) is 0 Å². The molecule has 0 aromatic rings. The predicted octanol–water partition coefficient (Wildman–Crippen LogP) is -1.46. The van der Waals surface area contributed by atoms with E-state index in [1.165, 1.54) is 0 Å². The van der Waals surface area contributed by atoms with Crippen LogP contribution in [0, 0.1) is 0 Å². The topological polar surface area (TPSA) is 199 Å². The van der Waals surface area contributed by atoms with Gasteiger partial charge in [-0.05, 0) is 25.7 Å². The quantitative estimate of drug-likeness (QED) is 0.102. The van der Waals surface area contributed by atoms with Crippen LogP contribution < -0.4 is 16.4 Å². The number of unbranched alkanes of at least 4 members (excludes halogenated alkanes) is 2. The molecule has 14 heteroatoms. The van der Waals surface area contributed by atoms with Gasteiger partial charge in [0.1, 0.15) is 0 Å². The van der Waals surface area contributed by atoms with Crippen molar-refractivity contribution in [1.82, 2.24) is 21.4 Å². The molecule has 28 heavy (non-hydrogen) atoms. The minimum Gasteiger partial charge on any atom is -0.377 e. The first-order chi connectivity index (χ1) is 13.3. The molecule has 0 aliphatic heterocycles. The Kier molecular flexibility index (Phi) is 16.7. The highest BCUT2D eigenvalue weighted by Gasteiger charge is 2.14. The second kappa shape index (κ2) is 17.6. The molecule has 0 saturated carbocycles. The van der Waals surface area contributed by atoms with Crippen LogP contribution in [0.15, 0.2) is 0 Å². The van der Waals surface area contributed by atoms with Crippen LogP contribution in [0.2, 0.25) is 0 Å². The Labute approximate surface area is 162 Å². The number of rotatable bonds is 18. The van der Waals surface area contributed by atoms with Gasteiger partial charge >= 0.3 is 0 Å². The summed E-state index contributed by atoms with van der Waals surface area (Å²) in [6.07, 6.45) is 2.37. The molecule has 0 bridgehead atoms. The number of carbonyl (C=O) groups is 2. The van der Waals surface area contributed by atoms with E-state index in [0.29, 0.717) is 19.4 Å². The minimum absolute atomic E-state index is 0.0622. The molecule has 0 aromatic heterocycles. The molecule has 0 spiro atoms. The molecule has 0 aliphatic carbocycles. The van der Waals surface area contributed by atoms with Crippen molar-refractivity contribution >= 4 is 11.8 Å². The summed E-state index contributed by atoms with van der Waals surface area (Å²) >= 11 is 0. The van der Waals surface area contributed by atoms with Gasteiger partial charge in [0.15, 0.2) is 0 Å². The number of hydrogen-bond acceptors (Lipinski definition) is 12. The summed E-state index contributed by atoms with van der Waals surface area (Å²) in [4.78, 5) is 32.1. The van der Waals surface area contributed by atoms with E-state index >= 15 is 0 Å². The van der Waals surface area contributed by atoms with Gasteiger partial charge in [0.25, 0.3) is 0 Å². The number of nitrogens with zero attached hydrogens (tertiary/aromatic N) is 2. The second-order valence-electron chi connectivity index (χ2n) is 5.63. The third kappa shape index (κ3) is 17.9. The first kappa shape index (κ1) is 26.5. The first-order valence-corrected chi connectivity index (χ1v) is 8.82. The molecule has 14 nitrogen and oxygen atoms in total. The molecule has 0 aromatic carbocycles. The maximum Gasteiger partial charge on any atom is 0.237 e. The molecule has 0 rings (SSSR count). The first-order valence-electron chi connectivity index (χ1n) is 8.82. The number of hydrogen-bond donors (Lipinski definition) is 7. The van der Waals surface area contributed by atoms with E-state index in [0.717, 1.165) is 6.42 Å². The van der Waals surface area contributed by atoms with Gasteiger partial charge in [-0.3, -0.25) is 35.3 Å². The smallest absolute Gasteiger partial charge is 0.237 e. The van der Waals surface area contributed by atoms with Crippen molar-refractivity contribution in [2.45, 2.75) is 38.1 Å². The summed E-state index contributed by atoms with van der Waals surface area (Å²) in [5.41, 5.74) is 5.72. The number of ether oxygens (including phenoxy) is 1. The average Bonchev–Trinajstić information content (AvgIpc) is 2.63. The Morgan fingerprint density at radius 1 is 0.857 bits per heavy atom. The van der Waals surface area contributed by atoms with Gasteiger partial charge in [0.2, 0.25) is 11.8 Å². The number of carbonyl (C=O) groups excluding carboxylic acids is 2. The van der Waals surface area contributed by atoms with E-state index in [1.807, 2.05) is 0 Å². The lowest BCUT2D eigenvalue weighted by Gasteiger charge is -2.12. The lowest BCUT2D eigenvalue weighted by Crippen LogP contribution is -2.42. The molecule has 0 aliphatic rings. The van der Waals surface area contributed by atoms with Crippen LogP contribution in [0.5, 0.6) is 0 Å². The molecule has 8 N–H and O–H groups in total. The molecule has 166 valence electrons. The summed E-state index contributed by atoms with van der Waals surface area (Å²) in [7, 11) is 0. The molecule has 1 unspecified atom stereocenters. The lowest BCUT2D eigenvalue weighted by atomic mass is 10.1. The highest BCUT2D eigenvalue weighted by molar-refractivity contribution is 5.82. The van der Waals surface area contributed by atoms with Crippen LogP contribution in [0.1, 0.15) is 32.1 Å². The molecule has 2 amide bonds. The van der Waals surface area contributed by atoms with Crippen molar-refractivity contribution in [3.8, 4) is 0 Å². The van der Waals surface area contributed by atoms with E-state index in [-0.39, 0.29) is 57.1 Å². The largest absolute Gasteiger partial charge is 0.377 e. The summed E-state index contributed by atoms with van der Waals surface area (Å²) in [5.74, 6) is -0.604. The van der Waals surface area contributed by atoms with Gasteiger partial charge in [0.05, 0.1) is 43.2 Å². The summed E-state index contributed by atoms with van der Waals surface area (Å²) < 4.78 is 5.07. The highest BCUT2D eigenvalue weighted by atomic mass is 17.1. The summed E-state index contributed by atoms with van der Waals surface area (Å²) in [5, 5.41) is 37.7. The van der Waals surface area contributed by atoms with Crippen LogP contribution in [0.3, 0.4) is 0 Å². The second-order valence-corrected chi connectivity index (χ2v) is 5.63. The van der Waals surface area contributed by atoms with E-state index in [9.17, 15) is 9.59 Å². The Hall–Kier alpha value is -1.46. The Bertz CT molecular complexity index is 415. The van der Waals surface area contributed by atoms with E-state index in [2.05, 4.69) is 20.3 Å². The van der Waals surface area contributed by atoms with Crippen LogP contribution in [0.25, 0.3) is 0 Å². The zero-order valence-corrected chi connectivity index (χ0v) is 15.7. The van der Waals surface area contributed by atoms with Gasteiger partial charge in [-0.2, -0.15) is 0 Å². The highest BCUT2D eigenvalue weighted by Crippen LogP contribution is 1.98. The number of nitrogens with two attached hydrogens (primary N) is 1. The fourth-order valence-electron chi connectivity index (χ4n) is 1.94. The molecule has 0 fully saturated rings. The van der Waals surface area contributed by atoms with Gasteiger partial charge in [-0.1, -0.05) is 0 Å². The van der Waals surface area contributed by atoms with Gasteiger partial charge in [-0.25, -0.2) is 4.84 Å². The summed E-state index contributed by atoms with van der Waals surface area (Å²) in [6, 6.07) is -0.816. The van der Waals surface area contributed by atoms with Crippen molar-refractivity contribution in [3.63, 3.8) is 0 Å². The van der Waals surface area contributed by atoms with Gasteiger partial charge < -0.3 is 21.1 Å². The Morgan fingerprint density at radius 2 is 1.54 bits per heavy atom. The number of nitrogens with one attached hydrogen (secondary N) is 2.